The number of benzene rings is 3. The van der Waals surface area contributed by atoms with Crippen molar-refractivity contribution in [3.8, 4) is 5.75 Å². The second kappa shape index (κ2) is 6.22. The maximum Gasteiger partial charge on any atom is 0.315 e. The normalized spacial score (nSPS) is 10.4. The van der Waals surface area contributed by atoms with Gasteiger partial charge in [0.25, 0.3) is 0 Å². The molecule has 0 aliphatic rings. The number of hydrogen-bond donors (Lipinski definition) is 0. The average molecular weight is 290 g/mol. The van der Waals surface area contributed by atoms with Crippen molar-refractivity contribution < 1.29 is 14.3 Å². The summed E-state index contributed by atoms with van der Waals surface area (Å²) in [4.78, 5) is 23.4. The molecule has 0 spiro atoms. The molecule has 3 heteroatoms. The summed E-state index contributed by atoms with van der Waals surface area (Å²) in [5.41, 5.74) is 1.28. The predicted molar refractivity (Wildman–Crippen MR) is 85.1 cm³/mol. The fourth-order valence-electron chi connectivity index (χ4n) is 2.41. The van der Waals surface area contributed by atoms with Crippen molar-refractivity contribution in [2.75, 3.05) is 0 Å². The van der Waals surface area contributed by atoms with Gasteiger partial charge in [-0.1, -0.05) is 60.7 Å². The zero-order valence-electron chi connectivity index (χ0n) is 11.9. The second-order valence-corrected chi connectivity index (χ2v) is 4.95. The number of esters is 1. The lowest BCUT2D eigenvalue weighted by Crippen LogP contribution is -2.12. The monoisotopic (exact) mass is 290 g/mol. The number of rotatable bonds is 4. The minimum Gasteiger partial charge on any atom is -0.425 e. The Hall–Kier alpha value is -2.94. The first-order valence-electron chi connectivity index (χ1n) is 6.99. The Kier molecular flexibility index (Phi) is 3.97. The molecular weight excluding hydrogens is 276 g/mol. The van der Waals surface area contributed by atoms with Crippen LogP contribution in [-0.2, 0) is 11.2 Å². The molecule has 0 aliphatic heterocycles. The minimum atomic E-state index is -0.385. The van der Waals surface area contributed by atoms with Gasteiger partial charge >= 0.3 is 5.97 Å². The van der Waals surface area contributed by atoms with E-state index in [2.05, 4.69) is 0 Å². The zero-order valence-corrected chi connectivity index (χ0v) is 11.9. The summed E-state index contributed by atoms with van der Waals surface area (Å²) in [5.74, 6) is -0.0841. The summed E-state index contributed by atoms with van der Waals surface area (Å²) < 4.78 is 5.38. The SMILES string of the molecule is O=Cc1c(OC(=O)Cc2ccccc2)ccc2ccccc12. The third-order valence-corrected chi connectivity index (χ3v) is 3.46. The van der Waals surface area contributed by atoms with E-state index < -0.39 is 0 Å². The van der Waals surface area contributed by atoms with Gasteiger partial charge in [0.1, 0.15) is 5.75 Å². The van der Waals surface area contributed by atoms with E-state index in [0.717, 1.165) is 22.6 Å². The molecule has 0 unspecified atom stereocenters. The largest absolute Gasteiger partial charge is 0.425 e. The maximum absolute atomic E-state index is 12.0. The minimum absolute atomic E-state index is 0.173. The molecule has 0 radical (unpaired) electrons. The van der Waals surface area contributed by atoms with Crippen LogP contribution in [0.4, 0.5) is 0 Å². The Bertz CT molecular complexity index is 822. The third-order valence-electron chi connectivity index (χ3n) is 3.46. The molecule has 0 bridgehead atoms. The molecule has 0 saturated carbocycles. The molecule has 0 heterocycles. The van der Waals surface area contributed by atoms with E-state index in [1.165, 1.54) is 0 Å². The van der Waals surface area contributed by atoms with Gasteiger partial charge in [-0.15, -0.1) is 0 Å². The fourth-order valence-corrected chi connectivity index (χ4v) is 2.41. The molecule has 0 fully saturated rings. The van der Waals surface area contributed by atoms with E-state index in [4.69, 9.17) is 4.74 Å². The molecule has 0 saturated heterocycles. The van der Waals surface area contributed by atoms with E-state index >= 15 is 0 Å². The number of carbonyl (C=O) groups excluding carboxylic acids is 2. The standard InChI is InChI=1S/C19H14O3/c20-13-17-16-9-5-4-8-15(16)10-11-18(17)22-19(21)12-14-6-2-1-3-7-14/h1-11,13H,12H2. The molecule has 0 aliphatic carbocycles. The van der Waals surface area contributed by atoms with E-state index in [0.29, 0.717) is 11.3 Å². The van der Waals surface area contributed by atoms with Crippen LogP contribution >= 0.6 is 0 Å². The van der Waals surface area contributed by atoms with Crippen LogP contribution in [0.25, 0.3) is 10.8 Å². The van der Waals surface area contributed by atoms with Gasteiger partial charge in [0.15, 0.2) is 6.29 Å². The van der Waals surface area contributed by atoms with Crippen LogP contribution in [0.1, 0.15) is 15.9 Å². The molecule has 0 N–H and O–H groups in total. The van der Waals surface area contributed by atoms with Crippen LogP contribution < -0.4 is 4.74 Å². The van der Waals surface area contributed by atoms with E-state index in [9.17, 15) is 9.59 Å². The summed E-state index contributed by atoms with van der Waals surface area (Å²) in [6.07, 6.45) is 0.902. The lowest BCUT2D eigenvalue weighted by Gasteiger charge is -2.09. The van der Waals surface area contributed by atoms with Crippen molar-refractivity contribution in [1.82, 2.24) is 0 Å². The molecule has 0 aromatic heterocycles. The van der Waals surface area contributed by atoms with Crippen molar-refractivity contribution in [1.29, 1.82) is 0 Å². The maximum atomic E-state index is 12.0. The summed E-state index contributed by atoms with van der Waals surface area (Å²) in [6, 6.07) is 20.4. The highest BCUT2D eigenvalue weighted by Gasteiger charge is 2.12. The fraction of sp³-hybridized carbons (Fsp3) is 0.0526. The first-order valence-corrected chi connectivity index (χ1v) is 6.99. The van der Waals surface area contributed by atoms with Gasteiger partial charge in [0, 0.05) is 0 Å². The van der Waals surface area contributed by atoms with Gasteiger partial charge < -0.3 is 4.74 Å². The molecule has 3 nitrogen and oxygen atoms in total. The average Bonchev–Trinajstić information content (AvgIpc) is 2.55. The molecular formula is C19H14O3. The molecule has 0 amide bonds. The first-order chi connectivity index (χ1) is 10.8. The highest BCUT2D eigenvalue weighted by molar-refractivity contribution is 6.01. The van der Waals surface area contributed by atoms with E-state index in [1.54, 1.807) is 6.07 Å². The van der Waals surface area contributed by atoms with Crippen molar-refractivity contribution in [2.24, 2.45) is 0 Å². The van der Waals surface area contributed by atoms with Crippen molar-refractivity contribution in [3.63, 3.8) is 0 Å². The van der Waals surface area contributed by atoms with Gasteiger partial charge in [-0.2, -0.15) is 0 Å². The van der Waals surface area contributed by atoms with Crippen molar-refractivity contribution in [3.05, 3.63) is 77.9 Å². The summed E-state index contributed by atoms with van der Waals surface area (Å²) in [6.45, 7) is 0. The van der Waals surface area contributed by atoms with Gasteiger partial charge in [0.2, 0.25) is 0 Å². The Morgan fingerprint density at radius 2 is 1.64 bits per heavy atom. The zero-order chi connectivity index (χ0) is 15.4. The number of aldehydes is 1. The Morgan fingerprint density at radius 3 is 2.41 bits per heavy atom. The topological polar surface area (TPSA) is 43.4 Å². The molecule has 0 atom stereocenters. The lowest BCUT2D eigenvalue weighted by molar-refractivity contribution is -0.133. The predicted octanol–water partition coefficient (Wildman–Crippen LogP) is 3.80. The van der Waals surface area contributed by atoms with Crippen LogP contribution in [0.5, 0.6) is 5.75 Å². The number of ether oxygens (including phenoxy) is 1. The Labute approximate surface area is 128 Å². The number of fused-ring (bicyclic) bond motifs is 1. The van der Waals surface area contributed by atoms with Crippen LogP contribution in [-0.4, -0.2) is 12.3 Å². The smallest absolute Gasteiger partial charge is 0.315 e. The summed E-state index contributed by atoms with van der Waals surface area (Å²) >= 11 is 0. The first kappa shape index (κ1) is 14.0. The quantitative estimate of drug-likeness (QED) is 0.417. The van der Waals surface area contributed by atoms with Crippen LogP contribution in [0, 0.1) is 0 Å². The van der Waals surface area contributed by atoms with Gasteiger partial charge in [-0.3, -0.25) is 9.59 Å². The van der Waals surface area contributed by atoms with E-state index in [1.807, 2.05) is 60.7 Å². The van der Waals surface area contributed by atoms with Gasteiger partial charge in [-0.25, -0.2) is 0 Å². The van der Waals surface area contributed by atoms with Crippen molar-refractivity contribution >= 4 is 23.0 Å². The van der Waals surface area contributed by atoms with Gasteiger partial charge in [0.05, 0.1) is 12.0 Å². The van der Waals surface area contributed by atoms with Gasteiger partial charge in [-0.05, 0) is 22.4 Å². The molecule has 108 valence electrons. The summed E-state index contributed by atoms with van der Waals surface area (Å²) in [5, 5.41) is 1.72. The van der Waals surface area contributed by atoms with Crippen molar-refractivity contribution in [2.45, 2.75) is 6.42 Å². The molecule has 3 aromatic carbocycles. The van der Waals surface area contributed by atoms with E-state index in [-0.39, 0.29) is 12.4 Å². The van der Waals surface area contributed by atoms with Crippen LogP contribution in [0.15, 0.2) is 66.7 Å². The Morgan fingerprint density at radius 1 is 0.909 bits per heavy atom. The summed E-state index contributed by atoms with van der Waals surface area (Å²) in [7, 11) is 0. The second-order valence-electron chi connectivity index (χ2n) is 4.95. The third kappa shape index (κ3) is 2.88. The van der Waals surface area contributed by atoms with Crippen LogP contribution in [0.3, 0.4) is 0 Å². The molecule has 3 rings (SSSR count). The number of hydrogen-bond acceptors (Lipinski definition) is 3. The molecule has 3 aromatic rings. The van der Waals surface area contributed by atoms with Crippen LogP contribution in [0.2, 0.25) is 0 Å². The highest BCUT2D eigenvalue weighted by atomic mass is 16.5. The number of carbonyl (C=O) groups is 2. The molecule has 22 heavy (non-hydrogen) atoms. The Balaban J connectivity index is 1.87. The lowest BCUT2D eigenvalue weighted by atomic mass is 10.0. The highest BCUT2D eigenvalue weighted by Crippen LogP contribution is 2.26.